The number of benzene rings is 1. The fraction of sp³-hybridized carbons (Fsp3) is 0.524. The summed E-state index contributed by atoms with van der Waals surface area (Å²) in [4.78, 5) is 2.63. The maximum atomic E-state index is 13.0. The first kappa shape index (κ1) is 17.1. The lowest BCUT2D eigenvalue weighted by Gasteiger charge is -2.28. The first-order valence-electron chi connectivity index (χ1n) is 9.92. The molecule has 0 unspecified atom stereocenters. The van der Waals surface area contributed by atoms with Gasteiger partial charge in [-0.1, -0.05) is 0 Å². The molecular formula is C21H25FN4O. The molecule has 1 aromatic carbocycles. The Kier molecular flexibility index (Phi) is 4.53. The molecular weight excluding hydrogens is 343 g/mol. The number of hydrogen-bond acceptors (Lipinski definition) is 5. The first-order chi connectivity index (χ1) is 13.3. The Labute approximate surface area is 158 Å². The largest absolute Gasteiger partial charge is 0.381 e. The van der Waals surface area contributed by atoms with Gasteiger partial charge in [0, 0.05) is 44.5 Å². The Bertz CT molecular complexity index is 764. The average Bonchev–Trinajstić information content (AvgIpc) is 3.14. The van der Waals surface area contributed by atoms with Gasteiger partial charge in [-0.25, -0.2) is 4.39 Å². The molecule has 0 bridgehead atoms. The van der Waals surface area contributed by atoms with E-state index in [4.69, 9.17) is 4.74 Å². The monoisotopic (exact) mass is 368 g/mol. The molecule has 2 aromatic rings. The number of hydrogen-bond donors (Lipinski definition) is 1. The molecule has 3 atom stereocenters. The zero-order valence-electron chi connectivity index (χ0n) is 15.4. The second-order valence-electron chi connectivity index (χ2n) is 8.08. The molecule has 0 amide bonds. The van der Waals surface area contributed by atoms with Gasteiger partial charge in [-0.2, -0.15) is 0 Å². The van der Waals surface area contributed by atoms with E-state index in [0.29, 0.717) is 6.04 Å². The number of nitrogens with zero attached hydrogens (tertiary/aromatic N) is 3. The Balaban J connectivity index is 1.13. The minimum absolute atomic E-state index is 0.240. The Morgan fingerprint density at radius 3 is 2.41 bits per heavy atom. The molecule has 5 nitrogen and oxygen atoms in total. The van der Waals surface area contributed by atoms with Crippen LogP contribution in [0.2, 0.25) is 0 Å². The van der Waals surface area contributed by atoms with Crippen molar-refractivity contribution in [1.82, 2.24) is 15.1 Å². The number of anilines is 1. The number of ether oxygens (including phenoxy) is 1. The van der Waals surface area contributed by atoms with E-state index in [9.17, 15) is 4.39 Å². The third kappa shape index (κ3) is 3.69. The lowest BCUT2D eigenvalue weighted by atomic mass is 10.00. The molecule has 3 heterocycles. The predicted molar refractivity (Wildman–Crippen MR) is 102 cm³/mol. The van der Waals surface area contributed by atoms with Crippen LogP contribution < -0.4 is 5.32 Å². The topological polar surface area (TPSA) is 50.3 Å². The standard InChI is InChI=1S/C21H25FN4O/c22-16-3-1-15(2-4-16)19-5-6-20(25-24-19)23-21-17-12-26(13-18(17)21)11-14-7-9-27-10-8-14/h1-6,14,17-18,21H,7-13H2,(H,23,25)/t17-,18+,21+. The van der Waals surface area contributed by atoms with Crippen molar-refractivity contribution in [3.63, 3.8) is 0 Å². The van der Waals surface area contributed by atoms with Crippen molar-refractivity contribution < 1.29 is 9.13 Å². The molecule has 5 rings (SSSR count). The van der Waals surface area contributed by atoms with E-state index >= 15 is 0 Å². The van der Waals surface area contributed by atoms with Crippen LogP contribution in [0.4, 0.5) is 10.2 Å². The van der Waals surface area contributed by atoms with Crippen molar-refractivity contribution in [3.05, 3.63) is 42.2 Å². The van der Waals surface area contributed by atoms with Crippen molar-refractivity contribution in [2.75, 3.05) is 38.2 Å². The van der Waals surface area contributed by atoms with Gasteiger partial charge in [-0.15, -0.1) is 10.2 Å². The Morgan fingerprint density at radius 2 is 1.74 bits per heavy atom. The van der Waals surface area contributed by atoms with Gasteiger partial charge >= 0.3 is 0 Å². The minimum Gasteiger partial charge on any atom is -0.381 e. The highest BCUT2D eigenvalue weighted by Gasteiger charge is 2.55. The summed E-state index contributed by atoms with van der Waals surface area (Å²) in [5, 5.41) is 12.2. The third-order valence-electron chi connectivity index (χ3n) is 6.25. The first-order valence-corrected chi connectivity index (χ1v) is 9.92. The number of nitrogens with one attached hydrogen (secondary N) is 1. The molecule has 27 heavy (non-hydrogen) atoms. The van der Waals surface area contributed by atoms with Gasteiger partial charge in [-0.05, 0) is 67.0 Å². The Morgan fingerprint density at radius 1 is 1.00 bits per heavy atom. The zero-order chi connectivity index (χ0) is 18.2. The lowest BCUT2D eigenvalue weighted by molar-refractivity contribution is 0.0540. The summed E-state index contributed by atoms with van der Waals surface area (Å²) in [5.74, 6) is 2.88. The van der Waals surface area contributed by atoms with Gasteiger partial charge in [0.1, 0.15) is 11.6 Å². The number of piperidine rings is 1. The van der Waals surface area contributed by atoms with E-state index in [-0.39, 0.29) is 5.82 Å². The van der Waals surface area contributed by atoms with E-state index in [0.717, 1.165) is 48.0 Å². The van der Waals surface area contributed by atoms with Gasteiger partial charge in [0.05, 0.1) is 5.69 Å². The normalized spacial score (nSPS) is 28.1. The smallest absolute Gasteiger partial charge is 0.148 e. The van der Waals surface area contributed by atoms with Crippen molar-refractivity contribution in [2.24, 2.45) is 17.8 Å². The van der Waals surface area contributed by atoms with Gasteiger partial charge in [-0.3, -0.25) is 0 Å². The maximum absolute atomic E-state index is 13.0. The van der Waals surface area contributed by atoms with Crippen LogP contribution in [-0.4, -0.2) is 54.0 Å². The summed E-state index contributed by atoms with van der Waals surface area (Å²) in [6.07, 6.45) is 2.42. The predicted octanol–water partition coefficient (Wildman–Crippen LogP) is 3.05. The number of fused-ring (bicyclic) bond motifs is 1. The molecule has 1 saturated carbocycles. The summed E-state index contributed by atoms with van der Waals surface area (Å²) >= 11 is 0. The lowest BCUT2D eigenvalue weighted by Crippen LogP contribution is -2.34. The highest BCUT2D eigenvalue weighted by atomic mass is 19.1. The molecule has 3 fully saturated rings. The molecule has 2 aliphatic heterocycles. The third-order valence-corrected chi connectivity index (χ3v) is 6.25. The molecule has 1 N–H and O–H groups in total. The van der Waals surface area contributed by atoms with Gasteiger partial charge in [0.2, 0.25) is 0 Å². The molecule has 0 spiro atoms. The van der Waals surface area contributed by atoms with E-state index < -0.39 is 0 Å². The summed E-state index contributed by atoms with van der Waals surface area (Å²) in [6, 6.07) is 10.8. The van der Waals surface area contributed by atoms with Crippen LogP contribution in [0.15, 0.2) is 36.4 Å². The van der Waals surface area contributed by atoms with E-state index in [1.807, 2.05) is 12.1 Å². The van der Waals surface area contributed by atoms with Crippen molar-refractivity contribution >= 4 is 5.82 Å². The number of halogens is 1. The second-order valence-corrected chi connectivity index (χ2v) is 8.08. The average molecular weight is 368 g/mol. The zero-order valence-corrected chi connectivity index (χ0v) is 15.4. The highest BCUT2D eigenvalue weighted by Crippen LogP contribution is 2.47. The number of likely N-dealkylation sites (tertiary alicyclic amines) is 1. The van der Waals surface area contributed by atoms with Crippen molar-refractivity contribution in [3.8, 4) is 11.3 Å². The van der Waals surface area contributed by atoms with Gasteiger partial charge in [0.15, 0.2) is 0 Å². The molecule has 6 heteroatoms. The van der Waals surface area contributed by atoms with E-state index in [1.165, 1.54) is 44.6 Å². The molecule has 142 valence electrons. The highest BCUT2D eigenvalue weighted by molar-refractivity contribution is 5.59. The summed E-state index contributed by atoms with van der Waals surface area (Å²) in [5.41, 5.74) is 1.64. The quantitative estimate of drug-likeness (QED) is 0.879. The maximum Gasteiger partial charge on any atom is 0.148 e. The second kappa shape index (κ2) is 7.17. The van der Waals surface area contributed by atoms with Crippen LogP contribution >= 0.6 is 0 Å². The Hall–Kier alpha value is -2.05. The fourth-order valence-corrected chi connectivity index (χ4v) is 4.63. The molecule has 1 aromatic heterocycles. The molecule has 0 radical (unpaired) electrons. The van der Waals surface area contributed by atoms with Crippen molar-refractivity contribution in [2.45, 2.75) is 18.9 Å². The van der Waals surface area contributed by atoms with E-state index in [1.54, 1.807) is 12.1 Å². The SMILES string of the molecule is Fc1ccc(-c2ccc(N[C@H]3[C@@H]4CN(CC5CCOCC5)C[C@@H]43)nn2)cc1. The van der Waals surface area contributed by atoms with E-state index in [2.05, 4.69) is 20.4 Å². The van der Waals surface area contributed by atoms with Gasteiger partial charge in [0.25, 0.3) is 0 Å². The minimum atomic E-state index is -0.240. The van der Waals surface area contributed by atoms with Crippen LogP contribution in [0.5, 0.6) is 0 Å². The van der Waals surface area contributed by atoms with Crippen LogP contribution in [0, 0.1) is 23.6 Å². The van der Waals surface area contributed by atoms with Crippen LogP contribution in [-0.2, 0) is 4.74 Å². The summed E-state index contributed by atoms with van der Waals surface area (Å²) in [7, 11) is 0. The molecule has 2 saturated heterocycles. The molecule has 1 aliphatic carbocycles. The molecule has 3 aliphatic rings. The van der Waals surface area contributed by atoms with Crippen LogP contribution in [0.25, 0.3) is 11.3 Å². The van der Waals surface area contributed by atoms with Crippen LogP contribution in [0.3, 0.4) is 0 Å². The van der Waals surface area contributed by atoms with Crippen LogP contribution in [0.1, 0.15) is 12.8 Å². The van der Waals surface area contributed by atoms with Gasteiger partial charge < -0.3 is 15.0 Å². The number of rotatable bonds is 5. The summed E-state index contributed by atoms with van der Waals surface area (Å²) in [6.45, 7) is 5.49. The van der Waals surface area contributed by atoms with Crippen molar-refractivity contribution in [1.29, 1.82) is 0 Å². The summed E-state index contributed by atoms with van der Waals surface area (Å²) < 4.78 is 18.5. The fourth-order valence-electron chi connectivity index (χ4n) is 4.63. The number of aromatic nitrogens is 2.